The second-order valence-electron chi connectivity index (χ2n) is 7.17. The molecule has 9 heteroatoms. The first-order valence-electron chi connectivity index (χ1n) is 9.53. The molecule has 0 aliphatic carbocycles. The smallest absolute Gasteiger partial charge is 0.307 e. The molecule has 1 saturated heterocycles. The minimum absolute atomic E-state index is 0.0430. The summed E-state index contributed by atoms with van der Waals surface area (Å²) in [5.41, 5.74) is 1.10. The third-order valence-electron chi connectivity index (χ3n) is 5.07. The monoisotopic (exact) mass is 414 g/mol. The van der Waals surface area contributed by atoms with Crippen molar-refractivity contribution < 1.29 is 9.53 Å². The normalized spacial score (nSPS) is 16.4. The zero-order chi connectivity index (χ0) is 20.4. The third-order valence-corrected chi connectivity index (χ3v) is 5.95. The predicted molar refractivity (Wildman–Crippen MR) is 110 cm³/mol. The summed E-state index contributed by atoms with van der Waals surface area (Å²) in [7, 11) is 0. The SMILES string of the molecule is Cc1csc(=O)n1CC(=O)N(Cc1nc2ccccc2c(=O)[nH]1)C[C@@H]1CCCO1. The van der Waals surface area contributed by atoms with E-state index >= 15 is 0 Å². The Kier molecular flexibility index (Phi) is 5.59. The van der Waals surface area contributed by atoms with Gasteiger partial charge in [-0.05, 0) is 31.9 Å². The van der Waals surface area contributed by atoms with Crippen LogP contribution in [0, 0.1) is 6.92 Å². The molecule has 1 atom stereocenters. The number of H-pyrrole nitrogens is 1. The van der Waals surface area contributed by atoms with E-state index in [1.54, 1.807) is 35.4 Å². The number of fused-ring (bicyclic) bond motifs is 1. The van der Waals surface area contributed by atoms with E-state index in [9.17, 15) is 14.4 Å². The van der Waals surface area contributed by atoms with Crippen LogP contribution in [0.15, 0.2) is 39.2 Å². The first-order valence-corrected chi connectivity index (χ1v) is 10.4. The molecule has 1 fully saturated rings. The standard InChI is InChI=1S/C20H22N4O4S/c1-13-12-29-20(27)24(13)11-18(25)23(9-14-5-4-8-28-14)10-17-21-16-7-3-2-6-15(16)19(26)22-17/h2-3,6-7,12,14H,4-5,8-11H2,1H3,(H,21,22,26)/t14-/m0/s1. The number of amides is 1. The number of hydrogen-bond donors (Lipinski definition) is 1. The third kappa shape index (κ3) is 4.30. The number of ether oxygens (including phenoxy) is 1. The van der Waals surface area contributed by atoms with Crippen LogP contribution in [-0.4, -0.2) is 44.6 Å². The Bertz CT molecular complexity index is 1140. The van der Waals surface area contributed by atoms with Crippen molar-refractivity contribution in [2.24, 2.45) is 0 Å². The van der Waals surface area contributed by atoms with E-state index in [4.69, 9.17) is 4.74 Å². The number of carbonyl (C=O) groups excluding carboxylic acids is 1. The van der Waals surface area contributed by atoms with E-state index in [0.717, 1.165) is 29.9 Å². The van der Waals surface area contributed by atoms with Crippen LogP contribution in [0.2, 0.25) is 0 Å². The van der Waals surface area contributed by atoms with Gasteiger partial charge < -0.3 is 14.6 Å². The molecule has 0 saturated carbocycles. The fourth-order valence-corrected chi connectivity index (χ4v) is 4.25. The summed E-state index contributed by atoms with van der Waals surface area (Å²) in [6, 6.07) is 7.09. The van der Waals surface area contributed by atoms with Crippen molar-refractivity contribution in [2.45, 2.75) is 39.0 Å². The molecule has 2 aromatic heterocycles. The lowest BCUT2D eigenvalue weighted by atomic mass is 10.2. The molecule has 3 heterocycles. The predicted octanol–water partition coefficient (Wildman–Crippen LogP) is 1.66. The molecular formula is C20H22N4O4S. The van der Waals surface area contributed by atoms with Crippen LogP contribution in [0.1, 0.15) is 24.4 Å². The highest BCUT2D eigenvalue weighted by molar-refractivity contribution is 7.07. The Labute approximate surface area is 170 Å². The maximum atomic E-state index is 13.1. The maximum Gasteiger partial charge on any atom is 0.307 e. The highest BCUT2D eigenvalue weighted by atomic mass is 32.1. The second-order valence-corrected chi connectivity index (χ2v) is 7.99. The van der Waals surface area contributed by atoms with Crippen LogP contribution in [0.25, 0.3) is 10.9 Å². The van der Waals surface area contributed by atoms with Crippen molar-refractivity contribution in [3.63, 3.8) is 0 Å². The van der Waals surface area contributed by atoms with Crippen LogP contribution in [-0.2, 0) is 22.6 Å². The van der Waals surface area contributed by atoms with Crippen molar-refractivity contribution >= 4 is 28.1 Å². The molecule has 3 aromatic rings. The Hall–Kier alpha value is -2.78. The van der Waals surface area contributed by atoms with E-state index in [1.165, 1.54) is 4.57 Å². The van der Waals surface area contributed by atoms with Crippen LogP contribution in [0.5, 0.6) is 0 Å². The van der Waals surface area contributed by atoms with Gasteiger partial charge in [-0.3, -0.25) is 19.0 Å². The topological polar surface area (TPSA) is 97.3 Å². The lowest BCUT2D eigenvalue weighted by Crippen LogP contribution is -2.40. The number of aromatic nitrogens is 3. The lowest BCUT2D eigenvalue weighted by Gasteiger charge is -2.25. The number of hydrogen-bond acceptors (Lipinski definition) is 6. The number of thiazole rings is 1. The van der Waals surface area contributed by atoms with E-state index in [2.05, 4.69) is 9.97 Å². The van der Waals surface area contributed by atoms with Gasteiger partial charge in [-0.25, -0.2) is 4.98 Å². The van der Waals surface area contributed by atoms with Gasteiger partial charge in [0.1, 0.15) is 12.4 Å². The largest absolute Gasteiger partial charge is 0.376 e. The number of carbonyl (C=O) groups is 1. The molecule has 0 bridgehead atoms. The number of nitrogens with one attached hydrogen (secondary N) is 1. The van der Waals surface area contributed by atoms with Gasteiger partial charge in [0.25, 0.3) is 5.56 Å². The molecule has 4 rings (SSSR count). The van der Waals surface area contributed by atoms with Crippen LogP contribution < -0.4 is 10.4 Å². The molecule has 152 valence electrons. The van der Waals surface area contributed by atoms with Gasteiger partial charge >= 0.3 is 4.87 Å². The number of rotatable bonds is 6. The molecule has 1 aromatic carbocycles. The van der Waals surface area contributed by atoms with Crippen molar-refractivity contribution in [3.05, 3.63) is 61.2 Å². The highest BCUT2D eigenvalue weighted by Crippen LogP contribution is 2.15. The van der Waals surface area contributed by atoms with Crippen molar-refractivity contribution in [3.8, 4) is 0 Å². The number of benzene rings is 1. The average molecular weight is 414 g/mol. The molecule has 1 N–H and O–H groups in total. The molecule has 29 heavy (non-hydrogen) atoms. The molecule has 0 radical (unpaired) electrons. The molecule has 0 spiro atoms. The Morgan fingerprint density at radius 2 is 2.21 bits per heavy atom. The zero-order valence-corrected chi connectivity index (χ0v) is 16.9. The molecule has 1 aliphatic rings. The van der Waals surface area contributed by atoms with Crippen LogP contribution >= 0.6 is 11.3 Å². The van der Waals surface area contributed by atoms with Gasteiger partial charge in [0.05, 0.1) is 23.6 Å². The lowest BCUT2D eigenvalue weighted by molar-refractivity contribution is -0.134. The Balaban J connectivity index is 1.60. The summed E-state index contributed by atoms with van der Waals surface area (Å²) in [5.74, 6) is 0.203. The first-order chi connectivity index (χ1) is 14.0. The quantitative estimate of drug-likeness (QED) is 0.662. The summed E-state index contributed by atoms with van der Waals surface area (Å²) >= 11 is 1.08. The highest BCUT2D eigenvalue weighted by Gasteiger charge is 2.24. The summed E-state index contributed by atoms with van der Waals surface area (Å²) in [5, 5.41) is 2.25. The Morgan fingerprint density at radius 1 is 1.38 bits per heavy atom. The van der Waals surface area contributed by atoms with E-state index in [0.29, 0.717) is 29.9 Å². The molecule has 1 aliphatic heterocycles. The molecule has 1 amide bonds. The van der Waals surface area contributed by atoms with Gasteiger partial charge in [-0.1, -0.05) is 23.5 Å². The Morgan fingerprint density at radius 3 is 2.93 bits per heavy atom. The summed E-state index contributed by atoms with van der Waals surface area (Å²) in [6.07, 6.45) is 1.79. The van der Waals surface area contributed by atoms with Gasteiger partial charge in [0, 0.05) is 24.2 Å². The van der Waals surface area contributed by atoms with Crippen LogP contribution in [0.4, 0.5) is 0 Å². The number of aromatic amines is 1. The minimum atomic E-state index is -0.236. The fourth-order valence-electron chi connectivity index (χ4n) is 3.51. The van der Waals surface area contributed by atoms with Gasteiger partial charge in [0.2, 0.25) is 5.91 Å². The van der Waals surface area contributed by atoms with Gasteiger partial charge in [0.15, 0.2) is 0 Å². The van der Waals surface area contributed by atoms with Gasteiger partial charge in [-0.15, -0.1) is 0 Å². The van der Waals surface area contributed by atoms with E-state index < -0.39 is 0 Å². The minimum Gasteiger partial charge on any atom is -0.376 e. The van der Waals surface area contributed by atoms with Gasteiger partial charge in [-0.2, -0.15) is 0 Å². The number of aryl methyl sites for hydroxylation is 1. The zero-order valence-electron chi connectivity index (χ0n) is 16.1. The second kappa shape index (κ2) is 8.30. The fraction of sp³-hybridized carbons (Fsp3) is 0.400. The molecule has 0 unspecified atom stereocenters. The van der Waals surface area contributed by atoms with Crippen LogP contribution in [0.3, 0.4) is 0 Å². The summed E-state index contributed by atoms with van der Waals surface area (Å²) in [4.78, 5) is 46.2. The molecule has 8 nitrogen and oxygen atoms in total. The van der Waals surface area contributed by atoms with Crippen molar-refractivity contribution in [1.82, 2.24) is 19.4 Å². The average Bonchev–Trinajstić information content (AvgIpc) is 3.33. The number of para-hydroxylation sites is 1. The summed E-state index contributed by atoms with van der Waals surface area (Å²) in [6.45, 7) is 2.99. The summed E-state index contributed by atoms with van der Waals surface area (Å²) < 4.78 is 7.16. The maximum absolute atomic E-state index is 13.1. The van der Waals surface area contributed by atoms with Crippen molar-refractivity contribution in [2.75, 3.05) is 13.2 Å². The van der Waals surface area contributed by atoms with E-state index in [1.807, 2.05) is 6.07 Å². The number of nitrogens with zero attached hydrogens (tertiary/aromatic N) is 3. The van der Waals surface area contributed by atoms with Crippen molar-refractivity contribution in [1.29, 1.82) is 0 Å². The molecular weight excluding hydrogens is 392 g/mol. The first kappa shape index (κ1) is 19.5. The van der Waals surface area contributed by atoms with E-state index in [-0.39, 0.29) is 35.5 Å².